The van der Waals surface area contributed by atoms with Gasteiger partial charge in [-0.1, -0.05) is 0 Å². The Bertz CT molecular complexity index is 542. The summed E-state index contributed by atoms with van der Waals surface area (Å²) in [5.41, 5.74) is 0.417. The third-order valence-electron chi connectivity index (χ3n) is 2.11. The number of fused-ring (bicyclic) bond motifs is 1. The Morgan fingerprint density at radius 3 is 2.94 bits per heavy atom. The molecule has 2 rings (SSSR count). The van der Waals surface area contributed by atoms with Crippen molar-refractivity contribution in [3.63, 3.8) is 0 Å². The molecule has 0 aromatic carbocycles. The minimum absolute atomic E-state index is 0.0866. The largest absolute Gasteiger partial charge is 0.488 e. The van der Waals surface area contributed by atoms with E-state index in [1.807, 2.05) is 0 Å². The molecule has 0 atom stereocenters. The van der Waals surface area contributed by atoms with Crippen LogP contribution in [0.3, 0.4) is 0 Å². The first-order valence-electron chi connectivity index (χ1n) is 4.29. The second-order valence-electron chi connectivity index (χ2n) is 3.07. The molecular formula is C8H6BFN2O4. The Hall–Kier alpha value is -1.93. The number of carbonyl (C=O) groups excluding carboxylic acids is 1. The first-order chi connectivity index (χ1) is 7.63. The van der Waals surface area contributed by atoms with E-state index in [0.29, 0.717) is 0 Å². The molecule has 0 saturated carbocycles. The maximum absolute atomic E-state index is 11.7. The van der Waals surface area contributed by atoms with Crippen molar-refractivity contribution in [1.82, 2.24) is 9.38 Å². The Morgan fingerprint density at radius 2 is 2.31 bits per heavy atom. The van der Waals surface area contributed by atoms with Gasteiger partial charge in [-0.2, -0.15) is 0 Å². The topological polar surface area (TPSA) is 84.1 Å². The maximum atomic E-state index is 11.7. The number of rotatable bonds is 2. The van der Waals surface area contributed by atoms with Gasteiger partial charge in [0.05, 0.1) is 6.20 Å². The predicted molar refractivity (Wildman–Crippen MR) is 51.5 cm³/mol. The highest BCUT2D eigenvalue weighted by Crippen LogP contribution is 2.06. The molecule has 0 saturated heterocycles. The lowest BCUT2D eigenvalue weighted by Crippen LogP contribution is -2.30. The highest BCUT2D eigenvalue weighted by Gasteiger charge is 2.17. The molecule has 0 fully saturated rings. The van der Waals surface area contributed by atoms with Crippen molar-refractivity contribution in [2.75, 3.05) is 0 Å². The van der Waals surface area contributed by atoms with Crippen LogP contribution in [0.25, 0.3) is 5.65 Å². The first kappa shape index (κ1) is 10.6. The third-order valence-corrected chi connectivity index (χ3v) is 2.11. The van der Waals surface area contributed by atoms with Gasteiger partial charge >= 0.3 is 13.1 Å². The number of hydrogen-bond acceptors (Lipinski definition) is 5. The number of carbonyl (C=O) groups is 1. The summed E-state index contributed by atoms with van der Waals surface area (Å²) in [6.07, 6.45) is 2.49. The van der Waals surface area contributed by atoms with Gasteiger partial charge < -0.3 is 10.0 Å². The van der Waals surface area contributed by atoms with Crippen LogP contribution >= 0.6 is 0 Å². The molecule has 2 heterocycles. The van der Waals surface area contributed by atoms with Gasteiger partial charge in [0.25, 0.3) is 0 Å². The van der Waals surface area contributed by atoms with Crippen molar-refractivity contribution < 1.29 is 24.3 Å². The monoisotopic (exact) mass is 224 g/mol. The highest BCUT2D eigenvalue weighted by atomic mass is 19.3. The van der Waals surface area contributed by atoms with Crippen molar-refractivity contribution in [3.8, 4) is 0 Å². The number of imidazole rings is 1. The van der Waals surface area contributed by atoms with Crippen LogP contribution in [0, 0.1) is 0 Å². The molecule has 6 nitrogen and oxygen atoms in total. The lowest BCUT2D eigenvalue weighted by atomic mass is 9.81. The van der Waals surface area contributed by atoms with Crippen molar-refractivity contribution in [3.05, 3.63) is 30.2 Å². The van der Waals surface area contributed by atoms with Gasteiger partial charge in [0.15, 0.2) is 5.69 Å². The summed E-state index contributed by atoms with van der Waals surface area (Å²) in [4.78, 5) is 17.8. The predicted octanol–water partition coefficient (Wildman–Crippen LogP) is -0.945. The van der Waals surface area contributed by atoms with Crippen LogP contribution in [0.2, 0.25) is 0 Å². The van der Waals surface area contributed by atoms with E-state index in [1.54, 1.807) is 0 Å². The standard InChI is InChI=1S/C8H6BFN2O4/c10-16-8(13)6-4-11-7-3-5(9(14)15)1-2-12(6)7/h1-4,14-15H. The number of nitrogens with zero attached hydrogens (tertiary/aromatic N) is 2. The van der Waals surface area contributed by atoms with Crippen LogP contribution in [0.15, 0.2) is 24.5 Å². The summed E-state index contributed by atoms with van der Waals surface area (Å²) in [6, 6.07) is 2.73. The summed E-state index contributed by atoms with van der Waals surface area (Å²) in [7, 11) is -1.63. The van der Waals surface area contributed by atoms with Gasteiger partial charge in [0, 0.05) is 10.7 Å². The Morgan fingerprint density at radius 1 is 1.56 bits per heavy atom. The normalized spacial score (nSPS) is 10.4. The van der Waals surface area contributed by atoms with Gasteiger partial charge in [0.2, 0.25) is 0 Å². The average Bonchev–Trinajstić information content (AvgIpc) is 2.70. The molecule has 82 valence electrons. The van der Waals surface area contributed by atoms with Crippen LogP contribution < -0.4 is 5.46 Å². The second-order valence-corrected chi connectivity index (χ2v) is 3.07. The minimum atomic E-state index is -1.63. The molecule has 0 spiro atoms. The third kappa shape index (κ3) is 1.64. The lowest BCUT2D eigenvalue weighted by Gasteiger charge is -2.01. The fourth-order valence-electron chi connectivity index (χ4n) is 1.35. The summed E-state index contributed by atoms with van der Waals surface area (Å²) in [6.45, 7) is 0. The molecular weight excluding hydrogens is 218 g/mol. The van der Waals surface area contributed by atoms with Gasteiger partial charge in [-0.05, 0) is 17.6 Å². The van der Waals surface area contributed by atoms with Gasteiger partial charge in [-0.3, -0.25) is 4.40 Å². The second kappa shape index (κ2) is 3.91. The molecule has 8 heteroatoms. The summed E-state index contributed by atoms with van der Waals surface area (Å²) < 4.78 is 13.0. The molecule has 0 aliphatic heterocycles. The van der Waals surface area contributed by atoms with Crippen LogP contribution in [0.5, 0.6) is 0 Å². The van der Waals surface area contributed by atoms with E-state index in [0.717, 1.165) is 6.20 Å². The first-order valence-corrected chi connectivity index (χ1v) is 4.29. The zero-order valence-corrected chi connectivity index (χ0v) is 7.87. The van der Waals surface area contributed by atoms with E-state index in [9.17, 15) is 9.32 Å². The van der Waals surface area contributed by atoms with Gasteiger partial charge in [-0.25, -0.2) is 14.7 Å². The van der Waals surface area contributed by atoms with Gasteiger partial charge in [0.1, 0.15) is 5.65 Å². The minimum Gasteiger partial charge on any atom is -0.423 e. The van der Waals surface area contributed by atoms with E-state index >= 15 is 0 Å². The summed E-state index contributed by atoms with van der Waals surface area (Å²) in [5, 5.41) is 17.8. The number of pyridine rings is 1. The van der Waals surface area contributed by atoms with E-state index in [4.69, 9.17) is 10.0 Å². The number of halogens is 1. The smallest absolute Gasteiger partial charge is 0.423 e. The van der Waals surface area contributed by atoms with Crippen molar-refractivity contribution in [2.45, 2.75) is 0 Å². The zero-order valence-electron chi connectivity index (χ0n) is 7.87. The Kier molecular flexibility index (Phi) is 2.59. The Balaban J connectivity index is 2.54. The summed E-state index contributed by atoms with van der Waals surface area (Å²) in [5.74, 6) is -1.16. The fraction of sp³-hybridized carbons (Fsp3) is 0. The molecule has 16 heavy (non-hydrogen) atoms. The fourth-order valence-corrected chi connectivity index (χ4v) is 1.35. The molecule has 0 aliphatic rings. The van der Waals surface area contributed by atoms with Crippen LogP contribution in [0.1, 0.15) is 10.5 Å². The van der Waals surface area contributed by atoms with Crippen LogP contribution in [0.4, 0.5) is 4.53 Å². The zero-order chi connectivity index (χ0) is 11.7. The van der Waals surface area contributed by atoms with E-state index in [1.165, 1.54) is 22.7 Å². The number of hydrogen-bond donors (Lipinski definition) is 2. The van der Waals surface area contributed by atoms with Crippen LogP contribution in [-0.2, 0) is 4.94 Å². The Labute approximate surface area is 89.0 Å². The molecule has 2 N–H and O–H groups in total. The van der Waals surface area contributed by atoms with Crippen molar-refractivity contribution in [2.24, 2.45) is 0 Å². The lowest BCUT2D eigenvalue weighted by molar-refractivity contribution is -0.0794. The maximum Gasteiger partial charge on any atom is 0.488 e. The summed E-state index contributed by atoms with van der Waals surface area (Å²) >= 11 is 0. The SMILES string of the molecule is O=C(OF)c1cnc2cc(B(O)O)ccn12. The van der Waals surface area contributed by atoms with Gasteiger partial charge in [-0.15, -0.1) is 0 Å². The molecule has 2 aromatic heterocycles. The molecule has 0 bridgehead atoms. The molecule has 0 amide bonds. The number of aromatic nitrogens is 2. The molecule has 0 radical (unpaired) electrons. The van der Waals surface area contributed by atoms with Crippen LogP contribution in [-0.4, -0.2) is 32.5 Å². The molecule has 0 unspecified atom stereocenters. The van der Waals surface area contributed by atoms with E-state index < -0.39 is 13.1 Å². The average molecular weight is 224 g/mol. The van der Waals surface area contributed by atoms with E-state index in [-0.39, 0.29) is 16.8 Å². The molecule has 0 aliphatic carbocycles. The quantitative estimate of drug-likeness (QED) is 0.642. The van der Waals surface area contributed by atoms with Crippen molar-refractivity contribution >= 4 is 24.2 Å². The van der Waals surface area contributed by atoms with Crippen molar-refractivity contribution in [1.29, 1.82) is 0 Å². The highest BCUT2D eigenvalue weighted by molar-refractivity contribution is 6.58. The molecule has 2 aromatic rings. The van der Waals surface area contributed by atoms with E-state index in [2.05, 4.69) is 9.93 Å².